The van der Waals surface area contributed by atoms with Crippen LogP contribution in [0.15, 0.2) is 66.7 Å². The Morgan fingerprint density at radius 3 is 2.69 bits per heavy atom. The number of rotatable bonds is 6. The Morgan fingerprint density at radius 2 is 1.94 bits per heavy atom. The Morgan fingerprint density at radius 1 is 1.14 bits per heavy atom. The van der Waals surface area contributed by atoms with Gasteiger partial charge in [-0.1, -0.05) is 29.8 Å². The van der Waals surface area contributed by atoms with Gasteiger partial charge in [-0.05, 0) is 47.9 Å². The molecule has 1 fully saturated rings. The van der Waals surface area contributed by atoms with E-state index in [0.717, 1.165) is 36.4 Å². The van der Waals surface area contributed by atoms with Gasteiger partial charge in [0, 0.05) is 60.8 Å². The van der Waals surface area contributed by atoms with E-state index in [9.17, 15) is 14.9 Å². The number of hydrogen-bond acceptors (Lipinski definition) is 6. The summed E-state index contributed by atoms with van der Waals surface area (Å²) in [4.78, 5) is 29.2. The minimum atomic E-state index is -0.387. The largest absolute Gasteiger partial charge is 0.497 e. The lowest BCUT2D eigenvalue weighted by Gasteiger charge is -2.49. The summed E-state index contributed by atoms with van der Waals surface area (Å²) in [6.07, 6.45) is 0.433. The first-order chi connectivity index (χ1) is 17.4. The molecule has 3 aromatic rings. The van der Waals surface area contributed by atoms with Crippen molar-refractivity contribution in [1.82, 2.24) is 4.90 Å². The van der Waals surface area contributed by atoms with Gasteiger partial charge in [0.15, 0.2) is 0 Å². The van der Waals surface area contributed by atoms with Gasteiger partial charge in [0.05, 0.1) is 24.0 Å². The van der Waals surface area contributed by atoms with E-state index >= 15 is 0 Å². The summed E-state index contributed by atoms with van der Waals surface area (Å²) >= 11 is 6.05. The highest BCUT2D eigenvalue weighted by atomic mass is 35.5. The smallest absolute Gasteiger partial charge is 0.269 e. The lowest BCUT2D eigenvalue weighted by molar-refractivity contribution is -0.384. The van der Waals surface area contributed by atoms with Crippen molar-refractivity contribution in [3.63, 3.8) is 0 Å². The van der Waals surface area contributed by atoms with Gasteiger partial charge in [-0.3, -0.25) is 19.8 Å². The first-order valence-corrected chi connectivity index (χ1v) is 12.2. The topological polar surface area (TPSA) is 87.9 Å². The van der Waals surface area contributed by atoms with Crippen LogP contribution in [-0.2, 0) is 17.8 Å². The number of nitro groups is 1. The molecule has 1 N–H and O–H groups in total. The predicted octanol–water partition coefficient (Wildman–Crippen LogP) is 4.76. The highest BCUT2D eigenvalue weighted by molar-refractivity contribution is 6.30. The third-order valence-corrected chi connectivity index (χ3v) is 7.24. The van der Waals surface area contributed by atoms with E-state index in [-0.39, 0.29) is 28.5 Å². The molecule has 0 aromatic heterocycles. The molecular weight excluding hydrogens is 480 g/mol. The number of benzene rings is 3. The molecule has 2 aliphatic heterocycles. The Bertz CT molecular complexity index is 1280. The van der Waals surface area contributed by atoms with Crippen molar-refractivity contribution in [3.05, 3.63) is 93.0 Å². The molecule has 186 valence electrons. The van der Waals surface area contributed by atoms with Crippen LogP contribution in [0.2, 0.25) is 5.02 Å². The number of anilines is 2. The maximum absolute atomic E-state index is 13.6. The Kier molecular flexibility index (Phi) is 6.80. The van der Waals surface area contributed by atoms with E-state index in [1.54, 1.807) is 25.3 Å². The van der Waals surface area contributed by atoms with Gasteiger partial charge in [-0.15, -0.1) is 0 Å². The number of nitro benzene ring substituents is 1. The summed E-state index contributed by atoms with van der Waals surface area (Å²) in [5.74, 6) is 0.174. The van der Waals surface area contributed by atoms with Gasteiger partial charge >= 0.3 is 0 Å². The summed E-state index contributed by atoms with van der Waals surface area (Å²) < 4.78 is 5.29. The van der Waals surface area contributed by atoms with Gasteiger partial charge in [-0.25, -0.2) is 0 Å². The number of methoxy groups -OCH3 is 1. The van der Waals surface area contributed by atoms with E-state index in [2.05, 4.69) is 15.1 Å². The van der Waals surface area contributed by atoms with E-state index in [4.69, 9.17) is 16.3 Å². The van der Waals surface area contributed by atoms with E-state index in [1.165, 1.54) is 0 Å². The highest BCUT2D eigenvalue weighted by Crippen LogP contribution is 2.38. The first kappa shape index (κ1) is 24.1. The standard InChI is InChI=1S/C27H27ClN4O4/c1-36-23-4-2-3-21(15-23)29-27(33)24-14-19-13-22(32(34)35)9-10-25(19)31-12-11-30(17-26(24)31)16-18-5-7-20(28)8-6-18/h2-10,13,15,24,26H,11-12,14,16-17H2,1H3,(H,29,33)/t24-,26+/m0/s1. The minimum Gasteiger partial charge on any atom is -0.497 e. The molecule has 2 aliphatic rings. The average molecular weight is 507 g/mol. The van der Waals surface area contributed by atoms with Crippen LogP contribution in [0.4, 0.5) is 17.1 Å². The first-order valence-electron chi connectivity index (χ1n) is 11.9. The van der Waals surface area contributed by atoms with E-state index < -0.39 is 0 Å². The number of carbonyl (C=O) groups is 1. The summed E-state index contributed by atoms with van der Waals surface area (Å²) in [5, 5.41) is 15.2. The normalized spacial score (nSPS) is 19.2. The van der Waals surface area contributed by atoms with Crippen LogP contribution in [-0.4, -0.2) is 48.5 Å². The zero-order chi connectivity index (χ0) is 25.2. The third-order valence-electron chi connectivity index (χ3n) is 6.98. The number of amides is 1. The fourth-order valence-corrected chi connectivity index (χ4v) is 5.34. The molecule has 1 saturated heterocycles. The molecule has 2 heterocycles. The number of piperazine rings is 1. The van der Waals surface area contributed by atoms with Crippen molar-refractivity contribution >= 4 is 34.6 Å². The molecule has 0 spiro atoms. The van der Waals surface area contributed by atoms with Gasteiger partial charge in [0.25, 0.3) is 5.69 Å². The fourth-order valence-electron chi connectivity index (χ4n) is 5.21. The van der Waals surface area contributed by atoms with Crippen LogP contribution in [0, 0.1) is 16.0 Å². The second kappa shape index (κ2) is 10.2. The maximum Gasteiger partial charge on any atom is 0.269 e. The van der Waals surface area contributed by atoms with Gasteiger partial charge in [0.2, 0.25) is 5.91 Å². The van der Waals surface area contributed by atoms with Gasteiger partial charge < -0.3 is 15.0 Å². The van der Waals surface area contributed by atoms with Crippen LogP contribution in [0.25, 0.3) is 0 Å². The maximum atomic E-state index is 13.6. The molecule has 8 nitrogen and oxygen atoms in total. The molecule has 0 bridgehead atoms. The number of carbonyl (C=O) groups excluding carboxylic acids is 1. The molecule has 0 aliphatic carbocycles. The number of halogens is 1. The molecular formula is C27H27ClN4O4. The van der Waals surface area contributed by atoms with Gasteiger partial charge in [0.1, 0.15) is 5.75 Å². The average Bonchev–Trinajstić information content (AvgIpc) is 2.89. The van der Waals surface area contributed by atoms with Crippen molar-refractivity contribution in [2.75, 3.05) is 37.0 Å². The van der Waals surface area contributed by atoms with Crippen molar-refractivity contribution in [2.45, 2.75) is 19.0 Å². The number of nitrogens with zero attached hydrogens (tertiary/aromatic N) is 3. The summed E-state index contributed by atoms with van der Waals surface area (Å²) in [7, 11) is 1.58. The van der Waals surface area contributed by atoms with Crippen LogP contribution in [0.1, 0.15) is 11.1 Å². The van der Waals surface area contributed by atoms with Crippen molar-refractivity contribution in [3.8, 4) is 5.75 Å². The Labute approximate surface area is 214 Å². The number of fused-ring (bicyclic) bond motifs is 3. The highest BCUT2D eigenvalue weighted by Gasteiger charge is 2.42. The molecule has 0 saturated carbocycles. The third kappa shape index (κ3) is 5.01. The second-order valence-electron chi connectivity index (χ2n) is 9.22. The zero-order valence-electron chi connectivity index (χ0n) is 19.9. The van der Waals surface area contributed by atoms with E-state index in [0.29, 0.717) is 29.4 Å². The quantitative estimate of drug-likeness (QED) is 0.383. The van der Waals surface area contributed by atoms with Crippen molar-refractivity contribution < 1.29 is 14.5 Å². The minimum absolute atomic E-state index is 0.0422. The Balaban J connectivity index is 1.43. The number of nitrogens with one attached hydrogen (secondary N) is 1. The van der Waals surface area contributed by atoms with Gasteiger partial charge in [-0.2, -0.15) is 0 Å². The predicted molar refractivity (Wildman–Crippen MR) is 140 cm³/mol. The summed E-state index contributed by atoms with van der Waals surface area (Å²) in [6, 6.07) is 20.0. The fraction of sp³-hybridized carbons (Fsp3) is 0.296. The van der Waals surface area contributed by atoms with Crippen molar-refractivity contribution in [2.24, 2.45) is 5.92 Å². The molecule has 9 heteroatoms. The van der Waals surface area contributed by atoms with Crippen LogP contribution in [0.3, 0.4) is 0 Å². The SMILES string of the molecule is COc1cccc(NC(=O)[C@H]2Cc3cc([N+](=O)[O-])ccc3N3CCN(Cc4ccc(Cl)cc4)C[C@H]23)c1. The van der Waals surface area contributed by atoms with Crippen molar-refractivity contribution in [1.29, 1.82) is 0 Å². The molecule has 36 heavy (non-hydrogen) atoms. The number of non-ortho nitro benzene ring substituents is 1. The van der Waals surface area contributed by atoms with Crippen LogP contribution >= 0.6 is 11.6 Å². The lowest BCUT2D eigenvalue weighted by atomic mass is 9.83. The Hall–Kier alpha value is -3.62. The van der Waals surface area contributed by atoms with Crippen LogP contribution in [0.5, 0.6) is 5.75 Å². The number of ether oxygens (including phenoxy) is 1. The molecule has 3 aromatic carbocycles. The summed E-state index contributed by atoms with van der Waals surface area (Å²) in [6.45, 7) is 3.01. The molecule has 1 amide bonds. The molecule has 0 unspecified atom stereocenters. The lowest BCUT2D eigenvalue weighted by Crippen LogP contribution is -2.60. The molecule has 0 radical (unpaired) electrons. The second-order valence-corrected chi connectivity index (χ2v) is 9.66. The molecule has 2 atom stereocenters. The molecule has 5 rings (SSSR count). The monoisotopic (exact) mass is 506 g/mol. The number of hydrogen-bond donors (Lipinski definition) is 1. The van der Waals surface area contributed by atoms with Crippen LogP contribution < -0.4 is 15.0 Å². The zero-order valence-corrected chi connectivity index (χ0v) is 20.6. The van der Waals surface area contributed by atoms with E-state index in [1.807, 2.05) is 48.5 Å². The summed E-state index contributed by atoms with van der Waals surface area (Å²) in [5.41, 5.74) is 3.67.